The standard InChI is InChI=1S/C21H21ClN2O2/c1-21(2,3)16-7-5-14(6-8-16)11-15(13-23)20(25)24-17-9-10-19(26-4)18(22)12-17/h5-12H,1-4H3,(H,24,25)/b15-11+. The first kappa shape index (κ1) is 19.6. The van der Waals surface area contributed by atoms with Gasteiger partial charge in [0.15, 0.2) is 0 Å². The fraction of sp³-hybridized carbons (Fsp3) is 0.238. The van der Waals surface area contributed by atoms with Crippen LogP contribution in [-0.4, -0.2) is 13.0 Å². The van der Waals surface area contributed by atoms with Crippen molar-refractivity contribution in [2.24, 2.45) is 0 Å². The molecule has 134 valence electrons. The molecule has 1 amide bonds. The van der Waals surface area contributed by atoms with Crippen molar-refractivity contribution in [2.45, 2.75) is 26.2 Å². The van der Waals surface area contributed by atoms with Crippen LogP contribution in [0.15, 0.2) is 48.0 Å². The molecule has 0 aromatic heterocycles. The normalized spacial score (nSPS) is 11.6. The summed E-state index contributed by atoms with van der Waals surface area (Å²) in [6, 6.07) is 14.6. The zero-order valence-corrected chi connectivity index (χ0v) is 16.0. The van der Waals surface area contributed by atoms with Crippen molar-refractivity contribution in [3.05, 3.63) is 64.2 Å². The fourth-order valence-corrected chi connectivity index (χ4v) is 2.59. The Morgan fingerprint density at radius 2 is 1.85 bits per heavy atom. The van der Waals surface area contributed by atoms with Crippen LogP contribution in [0.25, 0.3) is 6.08 Å². The Balaban J connectivity index is 2.19. The Morgan fingerprint density at radius 1 is 1.19 bits per heavy atom. The summed E-state index contributed by atoms with van der Waals surface area (Å²) in [7, 11) is 1.51. The number of nitrogens with one attached hydrogen (secondary N) is 1. The molecule has 0 aliphatic rings. The highest BCUT2D eigenvalue weighted by Crippen LogP contribution is 2.27. The first-order valence-electron chi connectivity index (χ1n) is 8.12. The third-order valence-corrected chi connectivity index (χ3v) is 4.16. The van der Waals surface area contributed by atoms with Crippen LogP contribution in [0.5, 0.6) is 5.75 Å². The summed E-state index contributed by atoms with van der Waals surface area (Å²) in [5, 5.41) is 12.4. The molecule has 1 N–H and O–H groups in total. The maximum atomic E-state index is 12.4. The lowest BCUT2D eigenvalue weighted by Crippen LogP contribution is -2.13. The molecular weight excluding hydrogens is 348 g/mol. The molecule has 0 aliphatic heterocycles. The zero-order valence-electron chi connectivity index (χ0n) is 15.3. The minimum atomic E-state index is -0.492. The van der Waals surface area contributed by atoms with Crippen LogP contribution in [-0.2, 0) is 10.2 Å². The number of benzene rings is 2. The van der Waals surface area contributed by atoms with Gasteiger partial charge in [0.2, 0.25) is 0 Å². The van der Waals surface area contributed by atoms with Gasteiger partial charge in [-0.05, 0) is 40.8 Å². The summed E-state index contributed by atoms with van der Waals surface area (Å²) in [5.74, 6) is 0.0216. The van der Waals surface area contributed by atoms with E-state index in [2.05, 4.69) is 26.1 Å². The number of methoxy groups -OCH3 is 1. The van der Waals surface area contributed by atoms with E-state index in [4.69, 9.17) is 16.3 Å². The molecular formula is C21H21ClN2O2. The van der Waals surface area contributed by atoms with Crippen LogP contribution < -0.4 is 10.1 Å². The number of rotatable bonds is 4. The molecule has 2 aromatic carbocycles. The van der Waals surface area contributed by atoms with E-state index < -0.39 is 5.91 Å². The summed E-state index contributed by atoms with van der Waals surface area (Å²) in [6.07, 6.45) is 1.56. The van der Waals surface area contributed by atoms with E-state index >= 15 is 0 Å². The molecule has 0 radical (unpaired) electrons. The van der Waals surface area contributed by atoms with Gasteiger partial charge in [-0.3, -0.25) is 4.79 Å². The molecule has 0 aliphatic carbocycles. The first-order chi connectivity index (χ1) is 12.2. The fourth-order valence-electron chi connectivity index (χ4n) is 2.34. The van der Waals surface area contributed by atoms with Crippen LogP contribution >= 0.6 is 11.6 Å². The lowest BCUT2D eigenvalue weighted by molar-refractivity contribution is -0.112. The van der Waals surface area contributed by atoms with Crippen molar-refractivity contribution in [1.29, 1.82) is 5.26 Å². The van der Waals surface area contributed by atoms with Gasteiger partial charge in [-0.2, -0.15) is 5.26 Å². The van der Waals surface area contributed by atoms with E-state index in [0.29, 0.717) is 16.5 Å². The Labute approximate surface area is 159 Å². The number of hydrogen-bond acceptors (Lipinski definition) is 3. The minimum Gasteiger partial charge on any atom is -0.495 e. The van der Waals surface area contributed by atoms with Crippen LogP contribution in [0.1, 0.15) is 31.9 Å². The summed E-state index contributed by atoms with van der Waals surface area (Å²) in [6.45, 7) is 6.39. The number of hydrogen-bond donors (Lipinski definition) is 1. The van der Waals surface area contributed by atoms with E-state index in [9.17, 15) is 10.1 Å². The predicted octanol–water partition coefficient (Wildman–Crippen LogP) is 5.19. The monoisotopic (exact) mass is 368 g/mol. The Morgan fingerprint density at radius 3 is 2.35 bits per heavy atom. The number of nitriles is 1. The largest absolute Gasteiger partial charge is 0.495 e. The third-order valence-electron chi connectivity index (χ3n) is 3.86. The second-order valence-corrected chi connectivity index (χ2v) is 7.25. The van der Waals surface area contributed by atoms with Gasteiger partial charge < -0.3 is 10.1 Å². The van der Waals surface area contributed by atoms with Gasteiger partial charge in [0.1, 0.15) is 17.4 Å². The molecule has 0 atom stereocenters. The van der Waals surface area contributed by atoms with Gasteiger partial charge >= 0.3 is 0 Å². The lowest BCUT2D eigenvalue weighted by Gasteiger charge is -2.18. The topological polar surface area (TPSA) is 62.1 Å². The molecule has 2 aromatic rings. The molecule has 5 heteroatoms. The lowest BCUT2D eigenvalue weighted by atomic mass is 9.86. The molecule has 0 saturated heterocycles. The van der Waals surface area contributed by atoms with Crippen molar-refractivity contribution in [2.75, 3.05) is 12.4 Å². The molecule has 0 fully saturated rings. The highest BCUT2D eigenvalue weighted by Gasteiger charge is 2.14. The van der Waals surface area contributed by atoms with Crippen LogP contribution in [0.4, 0.5) is 5.69 Å². The maximum absolute atomic E-state index is 12.4. The first-order valence-corrected chi connectivity index (χ1v) is 8.49. The molecule has 4 nitrogen and oxygen atoms in total. The van der Waals surface area contributed by atoms with Gasteiger partial charge in [-0.25, -0.2) is 0 Å². The smallest absolute Gasteiger partial charge is 0.266 e. The van der Waals surface area contributed by atoms with E-state index in [1.807, 2.05) is 30.3 Å². The number of anilines is 1. The SMILES string of the molecule is COc1ccc(NC(=O)/C(C#N)=C/c2ccc(C(C)(C)C)cc2)cc1Cl. The summed E-state index contributed by atoms with van der Waals surface area (Å²) >= 11 is 6.05. The van der Waals surface area contributed by atoms with Gasteiger partial charge in [0.05, 0.1) is 12.1 Å². The molecule has 0 bridgehead atoms. The molecule has 0 unspecified atom stereocenters. The molecule has 2 rings (SSSR count). The Kier molecular flexibility index (Phi) is 6.07. The average Bonchev–Trinajstić information content (AvgIpc) is 2.59. The summed E-state index contributed by atoms with van der Waals surface area (Å²) in [4.78, 5) is 12.4. The van der Waals surface area contributed by atoms with Crippen molar-refractivity contribution >= 4 is 29.3 Å². The van der Waals surface area contributed by atoms with Gasteiger partial charge in [-0.1, -0.05) is 56.6 Å². The highest BCUT2D eigenvalue weighted by atomic mass is 35.5. The van der Waals surface area contributed by atoms with Crippen LogP contribution in [0.2, 0.25) is 5.02 Å². The van der Waals surface area contributed by atoms with E-state index in [1.54, 1.807) is 24.3 Å². The van der Waals surface area contributed by atoms with Gasteiger partial charge in [0, 0.05) is 5.69 Å². The highest BCUT2D eigenvalue weighted by molar-refractivity contribution is 6.32. The van der Waals surface area contributed by atoms with Crippen molar-refractivity contribution in [1.82, 2.24) is 0 Å². The number of ether oxygens (including phenoxy) is 1. The second-order valence-electron chi connectivity index (χ2n) is 6.85. The maximum Gasteiger partial charge on any atom is 0.266 e. The van der Waals surface area contributed by atoms with Crippen LogP contribution in [0.3, 0.4) is 0 Å². The number of nitrogens with zero attached hydrogens (tertiary/aromatic N) is 1. The Hall–Kier alpha value is -2.77. The molecule has 26 heavy (non-hydrogen) atoms. The van der Waals surface area contributed by atoms with Crippen LogP contribution in [0, 0.1) is 11.3 Å². The van der Waals surface area contributed by atoms with Gasteiger partial charge in [0.25, 0.3) is 5.91 Å². The zero-order chi connectivity index (χ0) is 19.3. The van der Waals surface area contributed by atoms with Crippen molar-refractivity contribution < 1.29 is 9.53 Å². The quantitative estimate of drug-likeness (QED) is 0.596. The molecule has 0 saturated carbocycles. The average molecular weight is 369 g/mol. The summed E-state index contributed by atoms with van der Waals surface area (Å²) < 4.78 is 5.08. The van der Waals surface area contributed by atoms with E-state index in [0.717, 1.165) is 5.56 Å². The summed E-state index contributed by atoms with van der Waals surface area (Å²) in [5.41, 5.74) is 2.53. The number of carbonyl (C=O) groups excluding carboxylic acids is 1. The second kappa shape index (κ2) is 8.07. The Bertz CT molecular complexity index is 872. The predicted molar refractivity (Wildman–Crippen MR) is 105 cm³/mol. The molecule has 0 spiro atoms. The van der Waals surface area contributed by atoms with Gasteiger partial charge in [-0.15, -0.1) is 0 Å². The molecule has 0 heterocycles. The number of halogens is 1. The van der Waals surface area contributed by atoms with Crippen molar-refractivity contribution in [3.8, 4) is 11.8 Å². The minimum absolute atomic E-state index is 0.0143. The van der Waals surface area contributed by atoms with Crippen molar-refractivity contribution in [3.63, 3.8) is 0 Å². The number of amides is 1. The number of carbonyl (C=O) groups is 1. The third kappa shape index (κ3) is 4.87. The van der Waals surface area contributed by atoms with E-state index in [-0.39, 0.29) is 11.0 Å². The van der Waals surface area contributed by atoms with E-state index in [1.165, 1.54) is 12.7 Å².